The minimum atomic E-state index is -0.842. The third-order valence-corrected chi connectivity index (χ3v) is 4.06. The number of hydrogen-bond acceptors (Lipinski definition) is 1. The molecule has 1 saturated carbocycles. The molecule has 0 unspecified atom stereocenters. The van der Waals surface area contributed by atoms with Crippen molar-refractivity contribution in [3.63, 3.8) is 0 Å². The van der Waals surface area contributed by atoms with Gasteiger partial charge in [-0.25, -0.2) is 13.8 Å². The van der Waals surface area contributed by atoms with Crippen LogP contribution in [-0.2, 0) is 0 Å². The Morgan fingerprint density at radius 1 is 1.00 bits per heavy atom. The Bertz CT molecular complexity index is 569. The number of H-pyrrole nitrogens is 1. The first-order valence-corrected chi connectivity index (χ1v) is 7.09. The van der Waals surface area contributed by atoms with E-state index in [2.05, 4.69) is 9.97 Å². The lowest BCUT2D eigenvalue weighted by atomic mass is 9.91. The molecular weight excluding hydrogens is 246 g/mol. The predicted octanol–water partition coefficient (Wildman–Crippen LogP) is 4.67. The molecule has 19 heavy (non-hydrogen) atoms. The van der Waals surface area contributed by atoms with Crippen molar-refractivity contribution in [2.75, 3.05) is 0 Å². The first kappa shape index (κ1) is 12.6. The Kier molecular flexibility index (Phi) is 3.49. The number of hydrogen-bond donors (Lipinski definition) is 1. The van der Waals surface area contributed by atoms with E-state index in [1.807, 2.05) is 0 Å². The van der Waals surface area contributed by atoms with Crippen LogP contribution in [0.5, 0.6) is 0 Å². The maximum Gasteiger partial charge on any atom is 0.186 e. The van der Waals surface area contributed by atoms with E-state index in [4.69, 9.17) is 0 Å². The van der Waals surface area contributed by atoms with Gasteiger partial charge < -0.3 is 4.98 Å². The molecule has 2 nitrogen and oxygen atoms in total. The summed E-state index contributed by atoms with van der Waals surface area (Å²) in [5, 5.41) is 0. The molecule has 0 atom stereocenters. The highest BCUT2D eigenvalue weighted by Gasteiger charge is 2.19. The molecule has 0 bridgehead atoms. The van der Waals surface area contributed by atoms with E-state index in [0.29, 0.717) is 11.4 Å². The van der Waals surface area contributed by atoms with E-state index in [-0.39, 0.29) is 5.52 Å². The maximum absolute atomic E-state index is 13.7. The van der Waals surface area contributed by atoms with Gasteiger partial charge in [0.25, 0.3) is 0 Å². The zero-order chi connectivity index (χ0) is 13.2. The predicted molar refractivity (Wildman–Crippen MR) is 71.1 cm³/mol. The summed E-state index contributed by atoms with van der Waals surface area (Å²) in [4.78, 5) is 7.46. The van der Waals surface area contributed by atoms with Gasteiger partial charge in [0, 0.05) is 5.92 Å². The van der Waals surface area contributed by atoms with E-state index in [1.54, 1.807) is 6.07 Å². The highest BCUT2D eigenvalue weighted by Crippen LogP contribution is 2.31. The maximum atomic E-state index is 13.7. The first-order valence-electron chi connectivity index (χ1n) is 7.09. The Morgan fingerprint density at radius 3 is 2.42 bits per heavy atom. The molecule has 1 fully saturated rings. The molecule has 0 spiro atoms. The van der Waals surface area contributed by atoms with Gasteiger partial charge in [-0.1, -0.05) is 32.1 Å². The van der Waals surface area contributed by atoms with E-state index in [9.17, 15) is 8.78 Å². The van der Waals surface area contributed by atoms with Crippen LogP contribution < -0.4 is 0 Å². The van der Waals surface area contributed by atoms with Gasteiger partial charge in [-0.15, -0.1) is 0 Å². The van der Waals surface area contributed by atoms with E-state index in [1.165, 1.54) is 32.1 Å². The molecule has 0 aliphatic heterocycles. The SMILES string of the molecule is Fc1ccc2[nH]c(C3CCCCCCC3)nc2c1F. The van der Waals surface area contributed by atoms with Gasteiger partial charge in [-0.3, -0.25) is 0 Å². The molecule has 2 aromatic rings. The molecule has 1 aromatic carbocycles. The average molecular weight is 264 g/mol. The molecule has 3 rings (SSSR count). The molecule has 0 amide bonds. The first-order chi connectivity index (χ1) is 9.25. The molecule has 1 aromatic heterocycles. The number of aromatic amines is 1. The number of nitrogens with zero attached hydrogens (tertiary/aromatic N) is 1. The van der Waals surface area contributed by atoms with E-state index < -0.39 is 11.6 Å². The second-order valence-corrected chi connectivity index (χ2v) is 5.42. The number of rotatable bonds is 1. The molecule has 0 saturated heterocycles. The largest absolute Gasteiger partial charge is 0.342 e. The van der Waals surface area contributed by atoms with Crippen molar-refractivity contribution in [3.05, 3.63) is 29.6 Å². The molecule has 1 aliphatic carbocycles. The molecule has 4 heteroatoms. The fraction of sp³-hybridized carbons (Fsp3) is 0.533. The molecule has 1 aliphatic rings. The van der Waals surface area contributed by atoms with Crippen molar-refractivity contribution in [2.45, 2.75) is 50.9 Å². The van der Waals surface area contributed by atoms with Crippen molar-refractivity contribution in [1.29, 1.82) is 0 Å². The summed E-state index contributed by atoms with van der Waals surface area (Å²) >= 11 is 0. The summed E-state index contributed by atoms with van der Waals surface area (Å²) < 4.78 is 26.9. The van der Waals surface area contributed by atoms with Crippen LogP contribution in [0.2, 0.25) is 0 Å². The zero-order valence-corrected chi connectivity index (χ0v) is 10.9. The fourth-order valence-corrected chi connectivity index (χ4v) is 2.96. The summed E-state index contributed by atoms with van der Waals surface area (Å²) in [5.41, 5.74) is 0.730. The lowest BCUT2D eigenvalue weighted by Crippen LogP contribution is -2.04. The highest BCUT2D eigenvalue weighted by molar-refractivity contribution is 5.75. The summed E-state index contributed by atoms with van der Waals surface area (Å²) in [6, 6.07) is 2.71. The lowest BCUT2D eigenvalue weighted by Gasteiger charge is -2.17. The third-order valence-electron chi connectivity index (χ3n) is 4.06. The Balaban J connectivity index is 1.93. The fourth-order valence-electron chi connectivity index (χ4n) is 2.96. The van der Waals surface area contributed by atoms with Gasteiger partial charge in [0.1, 0.15) is 11.3 Å². The summed E-state index contributed by atoms with van der Waals surface area (Å²) in [6.07, 6.45) is 8.40. The number of benzene rings is 1. The normalized spacial score (nSPS) is 18.4. The van der Waals surface area contributed by atoms with Crippen LogP contribution in [0.1, 0.15) is 56.7 Å². The average Bonchev–Trinajstić information content (AvgIpc) is 2.78. The minimum absolute atomic E-state index is 0.136. The smallest absolute Gasteiger partial charge is 0.186 e. The summed E-state index contributed by atoms with van der Waals surface area (Å²) in [7, 11) is 0. The summed E-state index contributed by atoms with van der Waals surface area (Å²) in [5.74, 6) is -0.495. The van der Waals surface area contributed by atoms with Gasteiger partial charge >= 0.3 is 0 Å². The quantitative estimate of drug-likeness (QED) is 0.796. The Hall–Kier alpha value is -1.45. The molecule has 102 valence electrons. The Morgan fingerprint density at radius 2 is 1.68 bits per heavy atom. The van der Waals surface area contributed by atoms with Crippen molar-refractivity contribution in [1.82, 2.24) is 9.97 Å². The minimum Gasteiger partial charge on any atom is -0.342 e. The molecule has 1 heterocycles. The zero-order valence-electron chi connectivity index (χ0n) is 10.9. The highest BCUT2D eigenvalue weighted by atomic mass is 19.2. The monoisotopic (exact) mass is 264 g/mol. The number of imidazole rings is 1. The second kappa shape index (κ2) is 5.27. The van der Waals surface area contributed by atoms with Gasteiger partial charge in [0.15, 0.2) is 11.6 Å². The third kappa shape index (κ3) is 2.48. The van der Waals surface area contributed by atoms with Gasteiger partial charge in [0.05, 0.1) is 5.52 Å². The van der Waals surface area contributed by atoms with Gasteiger partial charge in [-0.05, 0) is 25.0 Å². The number of halogens is 2. The molecule has 1 N–H and O–H groups in total. The van der Waals surface area contributed by atoms with Crippen LogP contribution in [-0.4, -0.2) is 9.97 Å². The van der Waals surface area contributed by atoms with Crippen LogP contribution in [0.25, 0.3) is 11.0 Å². The Labute approximate surface area is 111 Å². The van der Waals surface area contributed by atoms with Crippen LogP contribution in [0.4, 0.5) is 8.78 Å². The van der Waals surface area contributed by atoms with E-state index >= 15 is 0 Å². The van der Waals surface area contributed by atoms with Crippen molar-refractivity contribution >= 4 is 11.0 Å². The molecular formula is C15H18F2N2. The van der Waals surface area contributed by atoms with Crippen LogP contribution in [0.15, 0.2) is 12.1 Å². The topological polar surface area (TPSA) is 28.7 Å². The van der Waals surface area contributed by atoms with Crippen molar-refractivity contribution in [2.24, 2.45) is 0 Å². The molecule has 0 radical (unpaired) electrons. The van der Waals surface area contributed by atoms with Gasteiger partial charge in [0.2, 0.25) is 0 Å². The van der Waals surface area contributed by atoms with E-state index in [0.717, 1.165) is 24.7 Å². The number of aromatic nitrogens is 2. The lowest BCUT2D eigenvalue weighted by molar-refractivity contribution is 0.444. The van der Waals surface area contributed by atoms with Crippen molar-refractivity contribution < 1.29 is 8.78 Å². The number of nitrogens with one attached hydrogen (secondary N) is 1. The van der Waals surface area contributed by atoms with Crippen LogP contribution in [0, 0.1) is 11.6 Å². The van der Waals surface area contributed by atoms with Crippen LogP contribution in [0.3, 0.4) is 0 Å². The second-order valence-electron chi connectivity index (χ2n) is 5.42. The van der Waals surface area contributed by atoms with Crippen molar-refractivity contribution in [3.8, 4) is 0 Å². The van der Waals surface area contributed by atoms with Gasteiger partial charge in [-0.2, -0.15) is 0 Å². The van der Waals surface area contributed by atoms with Crippen LogP contribution >= 0.6 is 0 Å². The summed E-state index contributed by atoms with van der Waals surface area (Å²) in [6.45, 7) is 0. The number of fused-ring (bicyclic) bond motifs is 1. The standard InChI is InChI=1S/C15H18F2N2/c16-11-8-9-12-14(13(11)17)19-15(18-12)10-6-4-2-1-3-5-7-10/h8-10H,1-7H2,(H,18,19).